The van der Waals surface area contributed by atoms with Crippen LogP contribution in [0.5, 0.6) is 5.75 Å². The Balaban J connectivity index is 1.54. The van der Waals surface area contributed by atoms with E-state index in [1.807, 2.05) is 42.5 Å². The average molecular weight is 387 g/mol. The summed E-state index contributed by atoms with van der Waals surface area (Å²) < 4.78 is 5.38. The van der Waals surface area contributed by atoms with E-state index >= 15 is 0 Å². The van der Waals surface area contributed by atoms with Gasteiger partial charge in [0.05, 0.1) is 10.7 Å². The van der Waals surface area contributed by atoms with Crippen LogP contribution in [0.4, 0.5) is 0 Å². The van der Waals surface area contributed by atoms with E-state index in [0.717, 1.165) is 16.3 Å². The summed E-state index contributed by atoms with van der Waals surface area (Å²) in [6.07, 6.45) is 0. The number of halogens is 2. The van der Waals surface area contributed by atoms with Gasteiger partial charge in [-0.25, -0.2) is 0 Å². The van der Waals surface area contributed by atoms with E-state index in [1.54, 1.807) is 18.2 Å². The molecule has 0 bridgehead atoms. The van der Waals surface area contributed by atoms with Crippen molar-refractivity contribution in [3.8, 4) is 5.75 Å². The number of carbonyl (C=O) groups is 1. The highest BCUT2D eigenvalue weighted by molar-refractivity contribution is 6.35. The van der Waals surface area contributed by atoms with Gasteiger partial charge in [0.1, 0.15) is 5.75 Å². The number of hydrogen-bond acceptors (Lipinski definition) is 3. The fraction of sp³-hybridized carbons (Fsp3) is 0.0500. The smallest absolute Gasteiger partial charge is 0.276 e. The zero-order valence-electron chi connectivity index (χ0n) is 13.8. The van der Waals surface area contributed by atoms with E-state index in [0.29, 0.717) is 21.5 Å². The van der Waals surface area contributed by atoms with E-state index in [4.69, 9.17) is 27.9 Å². The summed E-state index contributed by atoms with van der Waals surface area (Å²) >= 11 is 11.8. The van der Waals surface area contributed by atoms with Gasteiger partial charge in [-0.3, -0.25) is 15.6 Å². The molecule has 26 heavy (non-hydrogen) atoms. The molecular weight excluding hydrogens is 371 g/mol. The van der Waals surface area contributed by atoms with Crippen molar-refractivity contribution in [1.29, 1.82) is 0 Å². The molecule has 0 radical (unpaired) electrons. The minimum absolute atomic E-state index is 0.195. The summed E-state index contributed by atoms with van der Waals surface area (Å²) in [5.74, 6) is 0.0255. The van der Waals surface area contributed by atoms with Gasteiger partial charge in [0, 0.05) is 5.02 Å². The molecule has 0 fully saturated rings. The van der Waals surface area contributed by atoms with E-state index in [1.165, 1.54) is 0 Å². The molecule has 3 aromatic rings. The van der Waals surface area contributed by atoms with Gasteiger partial charge in [-0.2, -0.15) is 0 Å². The van der Waals surface area contributed by atoms with Gasteiger partial charge in [-0.05, 0) is 40.6 Å². The fourth-order valence-electron chi connectivity index (χ4n) is 2.37. The molecule has 0 unspecified atom stereocenters. The first kappa shape index (κ1) is 18.1. The van der Waals surface area contributed by atoms with E-state index in [-0.39, 0.29) is 12.5 Å². The average Bonchev–Trinajstić information content (AvgIpc) is 2.65. The number of nitrogens with one attached hydrogen (secondary N) is 2. The number of amides is 1. The molecule has 0 aliphatic rings. The van der Waals surface area contributed by atoms with E-state index in [9.17, 15) is 4.79 Å². The van der Waals surface area contributed by atoms with Gasteiger partial charge in [0.25, 0.3) is 5.91 Å². The Morgan fingerprint density at radius 1 is 0.962 bits per heavy atom. The Morgan fingerprint density at radius 3 is 2.50 bits per heavy atom. The Hall–Kier alpha value is -2.69. The predicted octanol–water partition coefficient (Wildman–Crippen LogP) is 4.82. The molecule has 0 aliphatic heterocycles. The topological polar surface area (TPSA) is 50.4 Å². The third-order valence-corrected chi connectivity index (χ3v) is 4.23. The lowest BCUT2D eigenvalue weighted by Crippen LogP contribution is -2.39. The van der Waals surface area contributed by atoms with Crippen molar-refractivity contribution in [3.05, 3.63) is 82.9 Å². The highest BCUT2D eigenvalue weighted by atomic mass is 35.5. The molecule has 132 valence electrons. The van der Waals surface area contributed by atoms with Crippen molar-refractivity contribution in [2.75, 3.05) is 6.61 Å². The van der Waals surface area contributed by atoms with Crippen LogP contribution >= 0.6 is 23.2 Å². The monoisotopic (exact) mass is 386 g/mol. The van der Waals surface area contributed by atoms with Crippen LogP contribution in [0.3, 0.4) is 0 Å². The number of hydrogen-bond donors (Lipinski definition) is 2. The Morgan fingerprint density at radius 2 is 1.73 bits per heavy atom. The van der Waals surface area contributed by atoms with Crippen LogP contribution in [-0.4, -0.2) is 12.5 Å². The summed E-state index contributed by atoms with van der Waals surface area (Å²) in [6, 6.07) is 18.8. The number of rotatable bonds is 6. The number of fused-ring (bicyclic) bond motifs is 1. The number of ether oxygens (including phenoxy) is 1. The second-order valence-corrected chi connectivity index (χ2v) is 6.42. The minimum Gasteiger partial charge on any atom is -0.482 e. The van der Waals surface area contributed by atoms with Crippen LogP contribution in [0, 0.1) is 0 Å². The van der Waals surface area contributed by atoms with Crippen molar-refractivity contribution in [3.63, 3.8) is 0 Å². The van der Waals surface area contributed by atoms with Crippen LogP contribution in [0.15, 0.2) is 67.2 Å². The van der Waals surface area contributed by atoms with Crippen molar-refractivity contribution in [1.82, 2.24) is 10.9 Å². The van der Waals surface area contributed by atoms with Crippen LogP contribution in [0.1, 0.15) is 5.56 Å². The molecular formula is C20H16Cl2N2O2. The molecule has 3 rings (SSSR count). The molecule has 0 aromatic heterocycles. The van der Waals surface area contributed by atoms with Crippen molar-refractivity contribution < 1.29 is 9.53 Å². The highest BCUT2D eigenvalue weighted by Crippen LogP contribution is 2.27. The minimum atomic E-state index is -0.363. The lowest BCUT2D eigenvalue weighted by molar-refractivity contribution is -0.123. The zero-order valence-corrected chi connectivity index (χ0v) is 15.3. The first-order valence-corrected chi connectivity index (χ1v) is 8.59. The van der Waals surface area contributed by atoms with Gasteiger partial charge in [-0.15, -0.1) is 0 Å². The molecule has 0 saturated heterocycles. The molecule has 0 spiro atoms. The van der Waals surface area contributed by atoms with Crippen LogP contribution in [-0.2, 0) is 4.79 Å². The largest absolute Gasteiger partial charge is 0.482 e. The molecule has 6 heteroatoms. The summed E-state index contributed by atoms with van der Waals surface area (Å²) in [5.41, 5.74) is 6.80. The van der Waals surface area contributed by atoms with Gasteiger partial charge >= 0.3 is 0 Å². The quantitative estimate of drug-likeness (QED) is 0.597. The summed E-state index contributed by atoms with van der Waals surface area (Å²) in [6.45, 7) is 3.75. The van der Waals surface area contributed by atoms with Crippen LogP contribution in [0.2, 0.25) is 10.0 Å². The molecule has 0 heterocycles. The third kappa shape index (κ3) is 4.48. The van der Waals surface area contributed by atoms with Gasteiger partial charge in [0.15, 0.2) is 6.61 Å². The summed E-state index contributed by atoms with van der Waals surface area (Å²) in [7, 11) is 0. The first-order chi connectivity index (χ1) is 12.5. The second kappa shape index (κ2) is 8.13. The standard InChI is InChI=1S/C20H16Cl2N2O2/c1-13(15-7-6-14-4-2-3-5-16(14)10-15)23-24-20(25)12-26-19-9-8-17(21)11-18(19)22/h2-11,23H,1,12H2,(H,24,25). The first-order valence-electron chi connectivity index (χ1n) is 7.84. The second-order valence-electron chi connectivity index (χ2n) is 5.58. The number of carbonyl (C=O) groups excluding carboxylic acids is 1. The van der Waals surface area contributed by atoms with Gasteiger partial charge in [-0.1, -0.05) is 66.2 Å². The molecule has 0 atom stereocenters. The predicted molar refractivity (Wildman–Crippen MR) is 106 cm³/mol. The van der Waals surface area contributed by atoms with E-state index in [2.05, 4.69) is 17.4 Å². The van der Waals surface area contributed by atoms with Crippen LogP contribution < -0.4 is 15.6 Å². The molecule has 3 aromatic carbocycles. The molecule has 4 nitrogen and oxygen atoms in total. The third-order valence-electron chi connectivity index (χ3n) is 3.70. The lowest BCUT2D eigenvalue weighted by Gasteiger charge is -2.13. The zero-order chi connectivity index (χ0) is 18.5. The van der Waals surface area contributed by atoms with Crippen LogP contribution in [0.25, 0.3) is 16.5 Å². The van der Waals surface area contributed by atoms with Crippen molar-refractivity contribution in [2.24, 2.45) is 0 Å². The Labute approximate surface area is 161 Å². The molecule has 1 amide bonds. The number of hydrazine groups is 1. The van der Waals surface area contributed by atoms with Gasteiger partial charge < -0.3 is 4.74 Å². The number of benzene rings is 3. The molecule has 0 saturated carbocycles. The highest BCUT2D eigenvalue weighted by Gasteiger charge is 2.07. The fourth-order valence-corrected chi connectivity index (χ4v) is 2.83. The maximum absolute atomic E-state index is 11.9. The summed E-state index contributed by atoms with van der Waals surface area (Å²) in [5, 5.41) is 3.08. The van der Waals surface area contributed by atoms with E-state index < -0.39 is 0 Å². The Kier molecular flexibility index (Phi) is 5.66. The molecule has 0 aliphatic carbocycles. The Bertz CT molecular complexity index is 973. The lowest BCUT2D eigenvalue weighted by atomic mass is 10.1. The maximum atomic E-state index is 11.9. The normalized spacial score (nSPS) is 10.4. The van der Waals surface area contributed by atoms with Gasteiger partial charge in [0.2, 0.25) is 0 Å². The van der Waals surface area contributed by atoms with Crippen molar-refractivity contribution in [2.45, 2.75) is 0 Å². The maximum Gasteiger partial charge on any atom is 0.276 e. The molecule has 2 N–H and O–H groups in total. The summed E-state index contributed by atoms with van der Waals surface area (Å²) in [4.78, 5) is 11.9. The SMILES string of the molecule is C=C(NNC(=O)COc1ccc(Cl)cc1Cl)c1ccc2ccccc2c1. The van der Waals surface area contributed by atoms with Crippen molar-refractivity contribution >= 4 is 45.6 Å².